The summed E-state index contributed by atoms with van der Waals surface area (Å²) in [6.45, 7) is 7.94. The summed E-state index contributed by atoms with van der Waals surface area (Å²) < 4.78 is 9.64. The zero-order valence-corrected chi connectivity index (χ0v) is 10.3. The van der Waals surface area contributed by atoms with Gasteiger partial charge in [-0.15, -0.1) is 0 Å². The molecule has 0 spiro atoms. The summed E-state index contributed by atoms with van der Waals surface area (Å²) in [6.07, 6.45) is 2.05. The zero-order chi connectivity index (χ0) is 13.3. The largest absolute Gasteiger partial charge is 0.460 e. The van der Waals surface area contributed by atoms with Gasteiger partial charge in [-0.2, -0.15) is 0 Å². The molecule has 0 radical (unpaired) electrons. The molecule has 0 atom stereocenters. The molecule has 0 aliphatic heterocycles. The average Bonchev–Trinajstić information content (AvgIpc) is 2.33. The molecule has 0 fully saturated rings. The summed E-state index contributed by atoms with van der Waals surface area (Å²) in [4.78, 5) is 25.6. The average molecular weight is 255 g/mol. The lowest BCUT2D eigenvalue weighted by Gasteiger charge is -2.22. The normalized spacial score (nSPS) is 9.71. The van der Waals surface area contributed by atoms with Crippen molar-refractivity contribution in [3.05, 3.63) is 25.3 Å². The smallest absolute Gasteiger partial charge is 0.330 e. The van der Waals surface area contributed by atoms with Crippen LogP contribution < -0.4 is 0 Å². The van der Waals surface area contributed by atoms with Gasteiger partial charge >= 0.3 is 11.9 Å². The van der Waals surface area contributed by atoms with Crippen LogP contribution in [0.2, 0.25) is 0 Å². The second kappa shape index (κ2) is 7.49. The number of nitrogens with zero attached hydrogens (tertiary/aromatic N) is 1. The minimum absolute atomic E-state index is 0.0914. The predicted octanol–water partition coefficient (Wildman–Crippen LogP) is 1.31. The predicted molar refractivity (Wildman–Crippen MR) is 65.7 cm³/mol. The van der Waals surface area contributed by atoms with E-state index in [-0.39, 0.29) is 13.2 Å². The number of hydrogen-bond acceptors (Lipinski definition) is 6. The SMILES string of the molecule is C=CC(=O)OCC(C)(COC(=O)C=C)N=C=S. The first-order chi connectivity index (χ1) is 7.97. The van der Waals surface area contributed by atoms with Gasteiger partial charge in [-0.05, 0) is 19.1 Å². The highest BCUT2D eigenvalue weighted by Gasteiger charge is 2.27. The van der Waals surface area contributed by atoms with E-state index in [1.807, 2.05) is 0 Å². The van der Waals surface area contributed by atoms with Gasteiger partial charge in [-0.3, -0.25) is 0 Å². The number of carbonyl (C=O) groups is 2. The highest BCUT2D eigenvalue weighted by molar-refractivity contribution is 7.78. The standard InChI is InChI=1S/C11H13NO4S/c1-4-9(13)15-6-11(3,12-8-17)7-16-10(14)5-2/h4-5H,1-2,6-7H2,3H3. The van der Waals surface area contributed by atoms with Crippen molar-refractivity contribution in [2.45, 2.75) is 12.5 Å². The minimum atomic E-state index is -0.959. The van der Waals surface area contributed by atoms with Crippen LogP contribution in [0.25, 0.3) is 0 Å². The highest BCUT2D eigenvalue weighted by atomic mass is 32.1. The van der Waals surface area contributed by atoms with Crippen LogP contribution in [-0.4, -0.2) is 35.9 Å². The topological polar surface area (TPSA) is 65.0 Å². The molecule has 0 saturated heterocycles. The van der Waals surface area contributed by atoms with Gasteiger partial charge in [0.1, 0.15) is 18.8 Å². The van der Waals surface area contributed by atoms with E-state index in [1.165, 1.54) is 0 Å². The maximum absolute atomic E-state index is 10.9. The van der Waals surface area contributed by atoms with E-state index in [0.717, 1.165) is 12.2 Å². The molecule has 0 amide bonds. The fraction of sp³-hybridized carbons (Fsp3) is 0.364. The summed E-state index contributed by atoms with van der Waals surface area (Å²) in [5.41, 5.74) is -0.959. The third-order valence-electron chi connectivity index (χ3n) is 1.70. The second-order valence-corrected chi connectivity index (χ2v) is 3.51. The van der Waals surface area contributed by atoms with Crippen molar-refractivity contribution in [3.8, 4) is 0 Å². The van der Waals surface area contributed by atoms with Gasteiger partial charge in [0.05, 0.1) is 5.16 Å². The number of aliphatic imine (C=N–C) groups is 1. The number of rotatable bonds is 7. The summed E-state index contributed by atoms with van der Waals surface area (Å²) in [6, 6.07) is 0. The van der Waals surface area contributed by atoms with Gasteiger partial charge in [-0.1, -0.05) is 13.2 Å². The third kappa shape index (κ3) is 6.40. The van der Waals surface area contributed by atoms with Gasteiger partial charge < -0.3 is 9.47 Å². The lowest BCUT2D eigenvalue weighted by molar-refractivity contribution is -0.143. The van der Waals surface area contributed by atoms with Crippen LogP contribution in [0.5, 0.6) is 0 Å². The first kappa shape index (κ1) is 15.2. The number of ether oxygens (including phenoxy) is 2. The van der Waals surface area contributed by atoms with Gasteiger partial charge in [0, 0.05) is 12.2 Å². The molecule has 6 heteroatoms. The van der Waals surface area contributed by atoms with Crippen molar-refractivity contribution in [3.63, 3.8) is 0 Å². The number of carbonyl (C=O) groups excluding carboxylic acids is 2. The highest BCUT2D eigenvalue weighted by Crippen LogP contribution is 2.11. The Bertz CT molecular complexity index is 348. The van der Waals surface area contributed by atoms with Crippen LogP contribution in [0.4, 0.5) is 0 Å². The van der Waals surface area contributed by atoms with Crippen molar-refractivity contribution >= 4 is 29.3 Å². The molecule has 0 rings (SSSR count). The minimum Gasteiger partial charge on any atom is -0.460 e. The third-order valence-corrected chi connectivity index (χ3v) is 1.79. The molecule has 5 nitrogen and oxygen atoms in total. The Balaban J connectivity index is 4.49. The van der Waals surface area contributed by atoms with Crippen LogP contribution in [0, 0.1) is 0 Å². The van der Waals surface area contributed by atoms with E-state index in [9.17, 15) is 9.59 Å². The van der Waals surface area contributed by atoms with Gasteiger partial charge in [0.25, 0.3) is 0 Å². The van der Waals surface area contributed by atoms with E-state index in [0.29, 0.717) is 0 Å². The number of esters is 2. The molecular weight excluding hydrogens is 242 g/mol. The van der Waals surface area contributed by atoms with Crippen molar-refractivity contribution in [1.29, 1.82) is 0 Å². The summed E-state index contributed by atoms with van der Waals surface area (Å²) in [5.74, 6) is -1.18. The Morgan fingerprint density at radius 2 is 1.71 bits per heavy atom. The molecular formula is C11H13NO4S. The number of thiocarbonyl (C=S) groups is 1. The summed E-state index contributed by atoms with van der Waals surface area (Å²) in [7, 11) is 0. The molecule has 0 N–H and O–H groups in total. The molecule has 17 heavy (non-hydrogen) atoms. The van der Waals surface area contributed by atoms with Crippen LogP contribution >= 0.6 is 12.2 Å². The molecule has 92 valence electrons. The van der Waals surface area contributed by atoms with Crippen molar-refractivity contribution < 1.29 is 19.1 Å². The van der Waals surface area contributed by atoms with Crippen LogP contribution in [0.15, 0.2) is 30.3 Å². The van der Waals surface area contributed by atoms with E-state index in [1.54, 1.807) is 6.92 Å². The first-order valence-corrected chi connectivity index (χ1v) is 5.05. The Hall–Kier alpha value is -1.78. The fourth-order valence-corrected chi connectivity index (χ4v) is 1.01. The second-order valence-electron chi connectivity index (χ2n) is 3.32. The zero-order valence-electron chi connectivity index (χ0n) is 9.47. The van der Waals surface area contributed by atoms with E-state index >= 15 is 0 Å². The van der Waals surface area contributed by atoms with Crippen LogP contribution in [0.1, 0.15) is 6.92 Å². The molecule has 0 heterocycles. The van der Waals surface area contributed by atoms with Gasteiger partial charge in [-0.25, -0.2) is 14.6 Å². The number of hydrogen-bond donors (Lipinski definition) is 0. The van der Waals surface area contributed by atoms with Crippen molar-refractivity contribution in [1.82, 2.24) is 0 Å². The molecule has 0 unspecified atom stereocenters. The molecule has 0 aliphatic rings. The maximum Gasteiger partial charge on any atom is 0.330 e. The molecule has 0 aromatic rings. The molecule has 0 aliphatic carbocycles. The Labute approximate surface area is 105 Å². The quantitative estimate of drug-likeness (QED) is 0.297. The summed E-state index contributed by atoms with van der Waals surface area (Å²) in [5, 5.41) is 2.17. The molecule has 0 aromatic heterocycles. The van der Waals surface area contributed by atoms with Crippen LogP contribution in [-0.2, 0) is 19.1 Å². The fourth-order valence-electron chi connectivity index (χ4n) is 0.787. The Morgan fingerprint density at radius 1 is 1.29 bits per heavy atom. The maximum atomic E-state index is 10.9. The Kier molecular flexibility index (Phi) is 6.70. The van der Waals surface area contributed by atoms with Gasteiger partial charge in [0.15, 0.2) is 0 Å². The van der Waals surface area contributed by atoms with E-state index in [4.69, 9.17) is 9.47 Å². The Morgan fingerprint density at radius 3 is 2.00 bits per heavy atom. The van der Waals surface area contributed by atoms with Gasteiger partial charge in [0.2, 0.25) is 0 Å². The molecule has 0 bridgehead atoms. The van der Waals surface area contributed by atoms with Crippen LogP contribution in [0.3, 0.4) is 0 Å². The number of isothiocyanates is 1. The summed E-state index contributed by atoms with van der Waals surface area (Å²) >= 11 is 4.48. The van der Waals surface area contributed by atoms with E-state index in [2.05, 4.69) is 35.5 Å². The first-order valence-electron chi connectivity index (χ1n) is 4.65. The van der Waals surface area contributed by atoms with Crippen molar-refractivity contribution in [2.75, 3.05) is 13.2 Å². The lowest BCUT2D eigenvalue weighted by atomic mass is 10.1. The van der Waals surface area contributed by atoms with Crippen molar-refractivity contribution in [2.24, 2.45) is 4.99 Å². The lowest BCUT2D eigenvalue weighted by Crippen LogP contribution is -2.36. The molecule has 0 saturated carbocycles. The molecule has 0 aromatic carbocycles. The monoisotopic (exact) mass is 255 g/mol. The van der Waals surface area contributed by atoms with E-state index < -0.39 is 17.5 Å².